The lowest BCUT2D eigenvalue weighted by Crippen LogP contribution is -2.62. The van der Waals surface area contributed by atoms with Crippen LogP contribution in [0.2, 0.25) is 0 Å². The molecule has 5 aromatic carbocycles. The normalized spacial score (nSPS) is 23.6. The van der Waals surface area contributed by atoms with E-state index >= 15 is 0 Å². The van der Waals surface area contributed by atoms with Crippen LogP contribution in [0.15, 0.2) is 172 Å². The maximum absolute atomic E-state index is 6.40. The zero-order valence-corrected chi connectivity index (χ0v) is 92.2. The molecule has 28 rings (SSSR count). The Labute approximate surface area is 837 Å². The number of furan rings is 1. The van der Waals surface area contributed by atoms with Crippen molar-refractivity contribution in [3.05, 3.63) is 263 Å². The molecular weight excluding hydrogens is 1750 g/mol. The van der Waals surface area contributed by atoms with Gasteiger partial charge in [0.15, 0.2) is 5.58 Å². The van der Waals surface area contributed by atoms with E-state index in [4.69, 9.17) is 4.42 Å². The summed E-state index contributed by atoms with van der Waals surface area (Å²) in [6.07, 6.45) is 21.1. The second-order valence-electron chi connectivity index (χ2n) is 43.5. The van der Waals surface area contributed by atoms with E-state index in [1.807, 2.05) is 115 Å². The Kier molecular flexibility index (Phi) is 26.1. The molecule has 6 fully saturated rings. The number of nitrogens with zero attached hydrogens (tertiary/aromatic N) is 10. The van der Waals surface area contributed by atoms with E-state index in [1.165, 1.54) is 222 Å². The molecule has 17 heterocycles. The summed E-state index contributed by atoms with van der Waals surface area (Å²) in [6, 6.07) is 51.9. The van der Waals surface area contributed by atoms with Crippen molar-refractivity contribution >= 4 is 126 Å². The van der Waals surface area contributed by atoms with Crippen molar-refractivity contribution in [2.75, 3.05) is 24.5 Å². The van der Waals surface area contributed by atoms with Crippen LogP contribution in [0.4, 0.5) is 28.4 Å². The average molecular weight is 1910 g/mol. The lowest BCUT2D eigenvalue weighted by molar-refractivity contribution is -0.0614. The fourth-order valence-electron chi connectivity index (χ4n) is 29.9. The molecule has 15 aromatic rings. The number of benzene rings is 5. The standard InChI is InChI=1S/C25H28N2S.2C23H28N2S.C21H24N2S.C20H22N2O.5C2H6/c1-15-5-3-4-6-21(15)27-14-20-23-22(7-8-28-23)26(2)24(20)25(27)18-10-16-9-17(12-18)13-19(25)11-16;2*1-14-9-8-10-16-18(14)25-13-15-19-17(11-12-26-19)24(7)20(15)23(25,6)22(4,5)21(16,2)3;1-15-8-4-5-9-17(15)23-14-16-19-18(10-13-24-19)22(2)20(16)21(23)11-6-3-7-12-21;1-14-7-3-4-8-16(14)22-13-15-18-17(9-12-21(18)2)23-19(15)20(22)10-5-6-11-20;5*1-2/h3-8,16-19H,9-14H2,1-2H3;2*8-12H,13H2,1-7H3;4-5,8-10,13H,3,6-7,11-12,14H2,1-2H3;3-4,7-9,12H,5-6,10-11,13H2,1-2H3;5*1-2H3. The van der Waals surface area contributed by atoms with Gasteiger partial charge in [-0.25, -0.2) is 0 Å². The molecule has 13 aliphatic rings. The third kappa shape index (κ3) is 13.7. The minimum Gasteiger partial charge on any atom is -0.457 e. The molecule has 137 heavy (non-hydrogen) atoms. The Morgan fingerprint density at radius 3 is 1.07 bits per heavy atom. The van der Waals surface area contributed by atoms with Gasteiger partial charge in [0.25, 0.3) is 0 Å². The van der Waals surface area contributed by atoms with E-state index in [0.717, 1.165) is 62.0 Å². The molecule has 0 amide bonds. The van der Waals surface area contributed by atoms with Crippen molar-refractivity contribution in [2.24, 2.45) is 69.7 Å². The predicted octanol–water partition coefficient (Wildman–Crippen LogP) is 34.1. The van der Waals surface area contributed by atoms with Crippen LogP contribution in [0.5, 0.6) is 0 Å². The third-order valence-corrected chi connectivity index (χ3v) is 41.2. The van der Waals surface area contributed by atoms with Crippen LogP contribution in [-0.4, -0.2) is 22.8 Å². The average Bonchev–Trinajstić information content (AvgIpc) is 1.51. The van der Waals surface area contributed by atoms with Gasteiger partial charge in [0.1, 0.15) is 5.76 Å². The molecule has 7 aliphatic heterocycles. The van der Waals surface area contributed by atoms with Crippen LogP contribution < -0.4 is 24.5 Å². The quantitative estimate of drug-likeness (QED) is 0.176. The van der Waals surface area contributed by atoms with Crippen molar-refractivity contribution < 1.29 is 4.42 Å². The molecule has 0 saturated heterocycles. The number of para-hydroxylation sites is 5. The summed E-state index contributed by atoms with van der Waals surface area (Å²) in [4.78, 5) is 13.7. The van der Waals surface area contributed by atoms with Crippen LogP contribution in [0.25, 0.3) is 52.0 Å². The number of aromatic nitrogens is 5. The molecule has 2 unspecified atom stereocenters. The van der Waals surface area contributed by atoms with Gasteiger partial charge in [-0.2, -0.15) is 0 Å². The van der Waals surface area contributed by atoms with Gasteiger partial charge in [-0.15, -0.1) is 45.3 Å². The van der Waals surface area contributed by atoms with E-state index in [2.05, 4.69) is 354 Å². The fraction of sp³-hybridized carbons (Fsp3) is 0.508. The first-order valence-corrected chi connectivity index (χ1v) is 56.4. The molecule has 2 atom stereocenters. The Morgan fingerprint density at radius 2 is 0.650 bits per heavy atom. The number of hydrogen-bond donors (Lipinski definition) is 0. The van der Waals surface area contributed by atoms with Gasteiger partial charge < -0.3 is 51.8 Å². The Morgan fingerprint density at radius 1 is 0.321 bits per heavy atom. The van der Waals surface area contributed by atoms with Crippen LogP contribution in [0.3, 0.4) is 0 Å². The van der Waals surface area contributed by atoms with Gasteiger partial charge in [0.05, 0.1) is 96.9 Å². The molecule has 3 spiro atoms. The monoisotopic (exact) mass is 1910 g/mol. The highest BCUT2D eigenvalue weighted by Crippen LogP contribution is 2.72. The summed E-state index contributed by atoms with van der Waals surface area (Å²) in [5.41, 5.74) is 40.0. The number of hydrogen-bond acceptors (Lipinski definition) is 10. The molecule has 4 bridgehead atoms. The lowest BCUT2D eigenvalue weighted by atomic mass is 9.47. The van der Waals surface area contributed by atoms with Gasteiger partial charge in [-0.3, -0.25) is 0 Å². The summed E-state index contributed by atoms with van der Waals surface area (Å²) >= 11 is 7.66. The summed E-state index contributed by atoms with van der Waals surface area (Å²) in [7, 11) is 11.3. The highest BCUT2D eigenvalue weighted by molar-refractivity contribution is 7.18. The van der Waals surface area contributed by atoms with Gasteiger partial charge in [0, 0.05) is 141 Å². The highest BCUT2D eigenvalue weighted by atomic mass is 32.1. The predicted molar refractivity (Wildman–Crippen MR) is 594 cm³/mol. The van der Waals surface area contributed by atoms with Crippen molar-refractivity contribution in [2.45, 2.75) is 334 Å². The molecule has 728 valence electrons. The number of thiophene rings is 4. The van der Waals surface area contributed by atoms with Gasteiger partial charge >= 0.3 is 0 Å². The summed E-state index contributed by atoms with van der Waals surface area (Å²) in [6.45, 7) is 61.1. The zero-order chi connectivity index (χ0) is 97.8. The molecule has 6 aliphatic carbocycles. The van der Waals surface area contributed by atoms with Crippen LogP contribution in [-0.2, 0) is 106 Å². The second-order valence-corrected chi connectivity index (χ2v) is 47.1. The summed E-state index contributed by atoms with van der Waals surface area (Å²) < 4.78 is 24.7. The molecular formula is C122H160N10OS4. The topological polar surface area (TPSA) is 54.0 Å². The number of rotatable bonds is 3. The van der Waals surface area contributed by atoms with E-state index in [0.29, 0.717) is 0 Å². The first-order valence-electron chi connectivity index (χ1n) is 52.9. The minimum absolute atomic E-state index is 0.0293. The van der Waals surface area contributed by atoms with Crippen LogP contribution in [0.1, 0.15) is 324 Å². The van der Waals surface area contributed by atoms with Gasteiger partial charge in [0.2, 0.25) is 0 Å². The van der Waals surface area contributed by atoms with E-state index in [9.17, 15) is 0 Å². The minimum atomic E-state index is -0.0293. The zero-order valence-electron chi connectivity index (χ0n) is 88.9. The Balaban J connectivity index is 0.000000111. The van der Waals surface area contributed by atoms with Crippen molar-refractivity contribution in [1.29, 1.82) is 0 Å². The Hall–Kier alpha value is -9.12. The molecule has 0 radical (unpaired) electrons. The number of anilines is 5. The largest absolute Gasteiger partial charge is 0.457 e. The SMILES string of the molecule is CC.CC.CC.CC.CC.Cc1cccc2c1N1Cc3c(n(C)c4ccsc34)C1(C)C(C)(C)C2(C)C.Cc1cccc2c1N1Cc3c(n(C)c4ccsc34)C1(C)C(C)(C)C2(C)C.Cc1ccccc1N1Cc2c(n(C)c3ccsc23)C12C1CC3CC(C1)CC2C3.Cc1ccccc1N1Cc2c(n(C)c3ccsc23)C12CCCCC2.Cc1ccccc1N1Cc2c(oc3ccn(C)c23)C12CCCC2. The van der Waals surface area contributed by atoms with Crippen LogP contribution in [0, 0.1) is 69.1 Å². The molecule has 6 saturated carbocycles. The smallest absolute Gasteiger partial charge is 0.152 e. The van der Waals surface area contributed by atoms with Gasteiger partial charge in [-0.05, 0) is 250 Å². The first kappa shape index (κ1) is 98.1. The second kappa shape index (κ2) is 36.4. The fourth-order valence-corrected chi connectivity index (χ4v) is 33.7. The van der Waals surface area contributed by atoms with E-state index in [1.54, 1.807) is 38.3 Å². The van der Waals surface area contributed by atoms with Crippen molar-refractivity contribution in [1.82, 2.24) is 22.8 Å². The van der Waals surface area contributed by atoms with Crippen molar-refractivity contribution in [3.63, 3.8) is 0 Å². The maximum atomic E-state index is 6.40. The third-order valence-electron chi connectivity index (χ3n) is 37.4. The number of aryl methyl sites for hydroxylation is 10. The van der Waals surface area contributed by atoms with E-state index in [-0.39, 0.29) is 49.4 Å². The first-order chi connectivity index (χ1) is 65.9. The van der Waals surface area contributed by atoms with Crippen LogP contribution >= 0.6 is 45.3 Å². The number of fused-ring (bicyclic) bond motifs is 25. The Bertz CT molecular complexity index is 6750. The summed E-state index contributed by atoms with van der Waals surface area (Å²) in [5.74, 6) is 4.88. The maximum Gasteiger partial charge on any atom is 0.152 e. The lowest BCUT2D eigenvalue weighted by Gasteiger charge is -2.63. The highest BCUT2D eigenvalue weighted by Gasteiger charge is 2.68. The van der Waals surface area contributed by atoms with Gasteiger partial charge in [-0.1, -0.05) is 248 Å². The van der Waals surface area contributed by atoms with Crippen molar-refractivity contribution in [3.8, 4) is 0 Å². The molecule has 11 nitrogen and oxygen atoms in total. The summed E-state index contributed by atoms with van der Waals surface area (Å²) in [5, 5.41) is 9.00. The molecule has 0 N–H and O–H groups in total. The molecule has 10 aromatic heterocycles. The molecule has 15 heteroatoms. The van der Waals surface area contributed by atoms with E-state index < -0.39 is 0 Å².